The molecule has 21 atom stereocenters. The number of anilines is 1. The number of thioether (sulfide) groups is 1. The van der Waals surface area contributed by atoms with Gasteiger partial charge in [-0.15, -0.1) is 11.8 Å². The smallest absolute Gasteiger partial charge is 0.331 e. The van der Waals surface area contributed by atoms with Crippen LogP contribution in [0.15, 0.2) is 126 Å². The number of aliphatic hydroxyl groups is 6. The number of thiazole rings is 1. The Morgan fingerprint density at radius 3 is 2.09 bits per heavy atom. The number of β-lactam (4-membered cyclic amide) rings is 1. The molecule has 2 unspecified atom stereocenters. The minimum atomic E-state index is -2.33. The second-order valence-electron chi connectivity index (χ2n) is 34.5. The van der Waals surface area contributed by atoms with Crippen LogP contribution < -0.4 is 67.9 Å². The van der Waals surface area contributed by atoms with Crippen molar-refractivity contribution in [1.29, 1.82) is 0 Å². The van der Waals surface area contributed by atoms with Crippen LogP contribution >= 0.6 is 57.9 Å². The number of phenolic OH excluding ortho intramolecular Hbond substituents is 3. The topological polar surface area (TPSA) is 637 Å². The Morgan fingerprint density at radius 2 is 1.46 bits per heavy atom. The van der Waals surface area contributed by atoms with E-state index in [1.54, 1.807) is 40.6 Å². The van der Waals surface area contributed by atoms with E-state index in [0.717, 1.165) is 89.8 Å². The van der Waals surface area contributed by atoms with Crippen molar-refractivity contribution in [1.82, 2.24) is 41.8 Å². The van der Waals surface area contributed by atoms with Gasteiger partial charge in [0.05, 0.1) is 58.0 Å². The summed E-state index contributed by atoms with van der Waals surface area (Å²) >= 11 is 22.9. The molecule has 136 heavy (non-hydrogen) atoms. The fourth-order valence-electron chi connectivity index (χ4n) is 17.3. The van der Waals surface area contributed by atoms with E-state index in [-0.39, 0.29) is 74.3 Å². The maximum absolute atomic E-state index is 16.5. The Labute approximate surface area is 798 Å². The molecule has 11 heterocycles. The van der Waals surface area contributed by atoms with E-state index in [9.17, 15) is 75.0 Å². The molecule has 46 heteroatoms. The third kappa shape index (κ3) is 21.6. The van der Waals surface area contributed by atoms with Crippen molar-refractivity contribution < 1.29 is 142 Å². The summed E-state index contributed by atoms with van der Waals surface area (Å²) in [5.74, 6) is -22.2. The van der Waals surface area contributed by atoms with E-state index >= 15 is 28.8 Å². The van der Waals surface area contributed by atoms with Gasteiger partial charge < -0.3 is 138 Å². The number of primary amides is 1. The largest absolute Gasteiger partial charge is 0.508 e. The van der Waals surface area contributed by atoms with Crippen LogP contribution in [-0.2, 0) is 78.3 Å². The summed E-state index contributed by atoms with van der Waals surface area (Å²) in [4.78, 5) is 174. The number of nitrogens with zero attached hydrogens (tertiary/aromatic N) is 4. The Hall–Kier alpha value is -11.8. The number of aromatic hydroxyl groups is 3. The lowest BCUT2D eigenvalue weighted by atomic mass is 9.84. The average molecular weight is 1980 g/mol. The number of carboxylic acid groups (broad SMARTS) is 1. The van der Waals surface area contributed by atoms with Crippen molar-refractivity contribution in [3.63, 3.8) is 0 Å². The minimum Gasteiger partial charge on any atom is -0.508 e. The zero-order valence-corrected chi connectivity index (χ0v) is 77.1. The van der Waals surface area contributed by atoms with Crippen LogP contribution in [-0.4, -0.2) is 242 Å². The fraction of sp³-hybridized carbons (Fsp3) is 0.422. The van der Waals surface area contributed by atoms with Crippen molar-refractivity contribution in [2.75, 3.05) is 32.5 Å². The number of aliphatic carboxylic acids is 1. The van der Waals surface area contributed by atoms with Gasteiger partial charge in [0.1, 0.15) is 100 Å². The van der Waals surface area contributed by atoms with Gasteiger partial charge in [-0.05, 0) is 121 Å². The predicted octanol–water partition coefficient (Wildman–Crippen LogP) is 3.43. The van der Waals surface area contributed by atoms with Gasteiger partial charge in [0.2, 0.25) is 53.4 Å². The predicted molar refractivity (Wildman–Crippen MR) is 483 cm³/mol. The summed E-state index contributed by atoms with van der Waals surface area (Å²) in [6.07, 6.45) is -18.1. The molecule has 2 aromatic heterocycles. The summed E-state index contributed by atoms with van der Waals surface area (Å²) < 4.78 is 40.5. The van der Waals surface area contributed by atoms with E-state index in [2.05, 4.69) is 42.0 Å². The quantitative estimate of drug-likeness (QED) is 0.0128. The van der Waals surface area contributed by atoms with Gasteiger partial charge in [-0.2, -0.15) is 0 Å². The zero-order chi connectivity index (χ0) is 98.1. The van der Waals surface area contributed by atoms with Crippen LogP contribution in [0.2, 0.25) is 14.4 Å². The van der Waals surface area contributed by atoms with Gasteiger partial charge in [-0.1, -0.05) is 89.4 Å². The number of likely N-dealkylation sites (N-methyl/N-ethyl adjacent to an activating group) is 1. The Bertz CT molecular complexity index is 5900. The highest BCUT2D eigenvalue weighted by Gasteiger charge is 2.57. The number of carboxylic acids is 1. The van der Waals surface area contributed by atoms with Gasteiger partial charge in [0.15, 0.2) is 77.1 Å². The standard InChI is InChI=1S/C90H98Cl3N13O28S2/c1-36(2)20-51(97-5)82(122)101-68-54(111)24-42(27-62(94)114)80(120)99-65-41-25-59(130-57-14-11-39(72(68)115)22-49(57)91)76(134-88-77(75(118)74(117)61(34-107)132-88)133-63-32-90(4,96)78(119)37(3)129-63)60(26-41)131-58-15-12-40(23-50(58)92)73(116)70-84(124)100-66(47-28-44(108)29-53(110)64(47)46-21-38(10-13-52(46)109)45(30-55(65)112)81(121)102-70)83(123)98-16-9-19-128-104-67(69-79(93)136-89(95)103-69)56(113)31-48-85(125)106-71(87(126)127)43(35-135-86(48)106)33-105-17-7-6-8-18-105/h6-8,10-15,17-18,21-23,25-26,28-29,35-37,42,45,48,51,61,63,65-66,68,70-75,77-78,86,88,97,107,115-119H,9,16,19-20,24,27,30-34,96H2,1-5H3,(H12-,94,95,98,99,100,101,102,103,104,108,109,110,113,114,120,121,122,123,124,126,127)/p+1/t37-,42-,45+,48+,51+,61+,63-,65+,66-,68?,70-,71?,72+,73+,74+,75-,77+,78+,86+,88-,90-/m0/s1. The van der Waals surface area contributed by atoms with Crippen LogP contribution in [0.1, 0.15) is 136 Å². The molecule has 0 aliphatic carbocycles. The number of hydrogen-bond acceptors (Lipinski definition) is 34. The number of benzene rings is 5. The van der Waals surface area contributed by atoms with Gasteiger partial charge in [0.25, 0.3) is 0 Å². The van der Waals surface area contributed by atoms with Gasteiger partial charge >= 0.3 is 5.97 Å². The molecule has 16 rings (SSSR count). The van der Waals surface area contributed by atoms with Gasteiger partial charge in [-0.3, -0.25) is 47.9 Å². The number of fused-ring (bicyclic) bond motifs is 16. The number of amides is 7. The number of carbonyl (C=O) groups is 11. The molecule has 5 aromatic carbocycles. The number of hydrogen-bond donors (Lipinski definition) is 19. The molecule has 724 valence electrons. The second-order valence-corrected chi connectivity index (χ2v) is 38.0. The molecule has 7 amide bonds. The first-order valence-electron chi connectivity index (χ1n) is 43.0. The number of nitrogens with one attached hydrogen (secondary N) is 6. The van der Waals surface area contributed by atoms with Crippen LogP contribution in [0.5, 0.6) is 46.0 Å². The number of ketones is 3. The Morgan fingerprint density at radius 1 is 0.787 bits per heavy atom. The normalized spacial score (nSPS) is 27.7. The van der Waals surface area contributed by atoms with Crippen LogP contribution in [0.3, 0.4) is 0 Å². The molecule has 0 spiro atoms. The number of halogens is 3. The van der Waals surface area contributed by atoms with Crippen LogP contribution in [0, 0.1) is 17.8 Å². The molecule has 22 N–H and O–H groups in total. The number of nitrogens with two attached hydrogens (primary N) is 3. The van der Waals surface area contributed by atoms with Crippen molar-refractivity contribution in [2.24, 2.45) is 34.4 Å². The van der Waals surface area contributed by atoms with E-state index in [0.29, 0.717) is 5.57 Å². The van der Waals surface area contributed by atoms with Crippen molar-refractivity contribution in [3.05, 3.63) is 168 Å². The Kier molecular flexibility index (Phi) is 31.0. The molecular formula is C90H99Cl3N13O28S2+. The van der Waals surface area contributed by atoms with Crippen LogP contribution in [0.25, 0.3) is 11.1 Å². The SMILES string of the molecule is CN[C@H](CC(C)C)C(=O)NC1C(=O)C[C@@H](CC(N)=O)C(=O)N[C@H]2C(=O)C[C@H]3C(=O)N[C@H](C(=O)N[C@H](C(=O)NCCCO/N=C(\C(=O)C[C@@H]4C(=O)N5C(C(=O)O)C(C[n+]6ccccc6)=CS[C@H]45)c4nc(N)sc4Cl)c4cc(O)cc(O)c4-c4cc3ccc4O)[C@H](O)c3ccc(c(Cl)c3)Oc3cc2cc(c3O[C@@H]2O[C@H](CO)[C@@H](O)[C@H](O)[C@H]2O[C@H]2C[C@](C)(N)[C@H](O)[C@H](C)O2)Oc2ccc(cc2Cl)[C@H]1O. The number of Topliss-reactive ketones (excluding diaryl/α,β-unsaturated/α-hetero) is 3. The molecule has 41 nitrogen and oxygen atoms in total. The molecule has 11 bridgehead atoms. The molecule has 0 radical (unpaired) electrons. The number of carbonyl (C=O) groups excluding carboxylic acids is 10. The molecule has 9 aliphatic rings. The fourth-order valence-corrected chi connectivity index (χ4v) is 20.0. The molecule has 9 aliphatic heterocycles. The highest BCUT2D eigenvalue weighted by molar-refractivity contribution is 8.02. The molecule has 3 fully saturated rings. The number of aliphatic hydroxyl groups excluding tert-OH is 6. The summed E-state index contributed by atoms with van der Waals surface area (Å²) in [6, 6.07) is 8.44. The monoisotopic (exact) mass is 1980 g/mol. The van der Waals surface area contributed by atoms with Crippen molar-refractivity contribution >= 4 is 133 Å². The summed E-state index contributed by atoms with van der Waals surface area (Å²) in [5.41, 5.74) is 14.2. The van der Waals surface area contributed by atoms with E-state index in [1.165, 1.54) is 37.9 Å². The zero-order valence-electron chi connectivity index (χ0n) is 73.2. The molecule has 3 saturated heterocycles. The number of ether oxygens (including phenoxy) is 6. The van der Waals surface area contributed by atoms with Gasteiger partial charge in [-0.25, -0.2) is 14.3 Å². The van der Waals surface area contributed by atoms with Crippen LogP contribution in [0.4, 0.5) is 5.13 Å². The first-order valence-corrected chi connectivity index (χ1v) is 45.9. The molecule has 7 aromatic rings. The minimum absolute atomic E-state index is 0.0797. The highest BCUT2D eigenvalue weighted by Crippen LogP contribution is 2.52. The van der Waals surface area contributed by atoms with Crippen molar-refractivity contribution in [3.8, 4) is 57.1 Å². The lowest BCUT2D eigenvalue weighted by Crippen LogP contribution is -2.67. The number of phenols is 3. The third-order valence-corrected chi connectivity index (χ3v) is 27.2. The third-order valence-electron chi connectivity index (χ3n) is 24.3. The lowest BCUT2D eigenvalue weighted by molar-refractivity contribution is -0.689. The lowest BCUT2D eigenvalue weighted by Gasteiger charge is -2.51. The molecular weight excluding hydrogens is 1880 g/mol. The first-order chi connectivity index (χ1) is 64.6. The summed E-state index contributed by atoms with van der Waals surface area (Å²) in [5, 5.41) is 137. The van der Waals surface area contributed by atoms with Gasteiger partial charge in [0, 0.05) is 85.5 Å². The highest BCUT2D eigenvalue weighted by atomic mass is 35.5. The maximum atomic E-state index is 16.5. The second kappa shape index (κ2) is 42.1. The van der Waals surface area contributed by atoms with E-state index in [1.807, 2.05) is 13.8 Å². The molecule has 0 saturated carbocycles. The number of aromatic nitrogens is 2. The van der Waals surface area contributed by atoms with Crippen molar-refractivity contribution in [2.45, 2.75) is 194 Å². The summed E-state index contributed by atoms with van der Waals surface area (Å²) in [6.45, 7) is 4.98. The van der Waals surface area contributed by atoms with E-state index in [4.69, 9.17) is 85.3 Å². The number of nitrogen functional groups attached to an aromatic ring is 1. The average Bonchev–Trinajstić information content (AvgIpc) is 0.767. The first kappa shape index (κ1) is 100. The number of oxime groups is 1. The summed E-state index contributed by atoms with van der Waals surface area (Å²) in [7, 11) is 1.48. The van der Waals surface area contributed by atoms with E-state index < -0.39 is 310 Å². The Balaban J connectivity index is 0.848. The maximum Gasteiger partial charge on any atom is 0.331 e. The number of rotatable bonds is 25. The number of pyridine rings is 1.